The van der Waals surface area contributed by atoms with Crippen molar-refractivity contribution in [3.05, 3.63) is 127 Å². The summed E-state index contributed by atoms with van der Waals surface area (Å²) in [6, 6.07) is 19.1. The summed E-state index contributed by atoms with van der Waals surface area (Å²) in [5.41, 5.74) is -0.996. The number of hydrogen-bond donors (Lipinski definition) is 9. The number of hydrazine groups is 1. The van der Waals surface area contributed by atoms with E-state index in [9.17, 15) is 100 Å². The number of aliphatic carboxylic acids is 1. The maximum atomic E-state index is 13.9. The Hall–Kier alpha value is -10.3. The number of amides is 3. The smallest absolute Gasteiger partial charge is 0.355 e. The zero-order valence-corrected chi connectivity index (χ0v) is 54.8. The summed E-state index contributed by atoms with van der Waals surface area (Å²) in [6.45, 7) is 0. The number of phenols is 4. The number of phenolic OH excluding ortho intramolecular Hbond substituents is 4. The van der Waals surface area contributed by atoms with Crippen molar-refractivity contribution in [3.63, 3.8) is 0 Å². The number of methoxy groups -OCH3 is 2. The second-order valence-corrected chi connectivity index (χ2v) is 28.5. The van der Waals surface area contributed by atoms with Crippen LogP contribution in [0.15, 0.2) is 198 Å². The van der Waals surface area contributed by atoms with E-state index in [0.29, 0.717) is 22.5 Å². The van der Waals surface area contributed by atoms with Crippen molar-refractivity contribution in [2.75, 3.05) is 35.7 Å². The van der Waals surface area contributed by atoms with E-state index in [1.54, 1.807) is 0 Å². The molecule has 8 aromatic carbocycles. The standard InChI is InChI=1S/C55H42N12O24S5.2Cu/c1-90-41-22-37(59-58-36-16-5-26-3-6-28(20-34(26)50(36)70)57-63-49-52(72)65-67(54(49)74)31-10-14-33(15-11-31)95(84,85)86)39(68)24-43(41)92(77,78)17-18-93(79,80)44-25-40(69)38(23-42(44)91-2)60-61-46-45(96(87,88)89)19-27-4-7-29(21-35(27)51(46)71)56-62-47-48(55(75)76)64-66(53(47)73)30-8-12-32(13-9-30)94(81,82)83;;/h3-16,19-25,47,49,68-71H,17-18H2,1-2H3,(H,65,72)(H,75,76)(H,81,82,83)(H,84,85,86)(H,87,88,89);;. The van der Waals surface area contributed by atoms with E-state index in [2.05, 4.69) is 51.4 Å². The first-order valence-corrected chi connectivity index (χ1v) is 34.1. The number of nitrogens with one attached hydrogen (secondary N) is 1. The van der Waals surface area contributed by atoms with Crippen molar-refractivity contribution in [1.82, 2.24) is 5.43 Å². The molecule has 43 heteroatoms. The third kappa shape index (κ3) is 15.1. The van der Waals surface area contributed by atoms with Crippen LogP contribution in [-0.2, 0) is 103 Å². The number of fused-ring (bicyclic) bond motifs is 2. The molecule has 2 atom stereocenters. The van der Waals surface area contributed by atoms with E-state index in [-0.39, 0.29) is 78.7 Å². The number of sulfone groups is 2. The van der Waals surface area contributed by atoms with Gasteiger partial charge in [-0.3, -0.25) is 33.5 Å². The molecule has 2 radical (unpaired) electrons. The molecule has 1 saturated heterocycles. The number of carboxylic acid groups (broad SMARTS) is 1. The minimum absolute atomic E-state index is 0. The minimum atomic E-state index is -5.27. The Labute approximate surface area is 572 Å². The van der Waals surface area contributed by atoms with Gasteiger partial charge in [0, 0.05) is 69.2 Å². The maximum absolute atomic E-state index is 13.9. The number of carbonyl (C=O) groups excluding carboxylic acids is 3. The van der Waals surface area contributed by atoms with Crippen LogP contribution in [0.3, 0.4) is 0 Å². The van der Waals surface area contributed by atoms with Crippen molar-refractivity contribution in [3.8, 4) is 34.5 Å². The molecule has 2 aliphatic rings. The summed E-state index contributed by atoms with van der Waals surface area (Å²) in [6.07, 6.45) is 0. The van der Waals surface area contributed by atoms with Crippen molar-refractivity contribution < 1.29 is 144 Å². The van der Waals surface area contributed by atoms with E-state index in [4.69, 9.17) is 9.47 Å². The van der Waals surface area contributed by atoms with Gasteiger partial charge in [0.05, 0.1) is 58.3 Å². The third-order valence-electron chi connectivity index (χ3n) is 14.0. The number of hydrazone groups is 1. The molecule has 1 fully saturated rings. The van der Waals surface area contributed by atoms with E-state index in [1.165, 1.54) is 42.5 Å². The van der Waals surface area contributed by atoms with Gasteiger partial charge in [-0.25, -0.2) is 26.6 Å². The maximum Gasteiger partial charge on any atom is 0.355 e. The van der Waals surface area contributed by atoms with E-state index in [0.717, 1.165) is 92.0 Å². The van der Waals surface area contributed by atoms with Crippen molar-refractivity contribution >= 4 is 146 Å². The SMILES string of the molecule is COc1cc(N=Nc2ccc3ccc(N=NC4C(=O)NN(c5ccc(S(=O)(=O)O)cc5)C4=O)cc3c2O)c(O)cc1S(=O)(=O)CCS(=O)(=O)c1cc(O)c(N=Nc2c(S(=O)(=O)O)cc3ccc(N=NC4C(=O)N(c5ccc(S(=O)(=O)O)cc5)N=C4C(=O)O)cc3c2O)cc1OC.[Cu].[Cu]. The van der Waals surface area contributed by atoms with Crippen LogP contribution in [0.5, 0.6) is 34.5 Å². The molecule has 3 amide bonds. The first-order valence-electron chi connectivity index (χ1n) is 26.5. The van der Waals surface area contributed by atoms with Gasteiger partial charge in [0.2, 0.25) is 12.1 Å². The van der Waals surface area contributed by atoms with Crippen LogP contribution < -0.4 is 24.9 Å². The molecular formula is C55H42Cu2N12O24S5. The fourth-order valence-electron chi connectivity index (χ4n) is 9.22. The molecule has 10 rings (SSSR count). The van der Waals surface area contributed by atoms with Gasteiger partial charge >= 0.3 is 5.97 Å². The molecule has 0 saturated carbocycles. The number of anilines is 2. The summed E-state index contributed by atoms with van der Waals surface area (Å²) >= 11 is 0. The summed E-state index contributed by atoms with van der Waals surface area (Å²) in [7, 11) is -21.9. The summed E-state index contributed by atoms with van der Waals surface area (Å²) in [4.78, 5) is 47.7. The Balaban J connectivity index is 0.00000612. The second-order valence-electron chi connectivity index (χ2n) is 20.1. The number of ether oxygens (including phenoxy) is 2. The van der Waals surface area contributed by atoms with Gasteiger partial charge < -0.3 is 35.0 Å². The number of carbonyl (C=O) groups is 4. The molecule has 2 heterocycles. The topological polar surface area (TPSA) is 549 Å². The van der Waals surface area contributed by atoms with Crippen LogP contribution in [0.2, 0.25) is 0 Å². The monoisotopic (exact) mass is 1540 g/mol. The Morgan fingerprint density at radius 1 is 0.510 bits per heavy atom. The van der Waals surface area contributed by atoms with Crippen LogP contribution in [-0.4, -0.2) is 148 Å². The van der Waals surface area contributed by atoms with E-state index in [1.807, 2.05) is 0 Å². The van der Waals surface area contributed by atoms with Crippen LogP contribution >= 0.6 is 0 Å². The molecule has 2 unspecified atom stereocenters. The average Bonchev–Trinajstić information content (AvgIpc) is 1.01. The molecule has 98 heavy (non-hydrogen) atoms. The number of benzene rings is 8. The Kier molecular flexibility index (Phi) is 21.0. The summed E-state index contributed by atoms with van der Waals surface area (Å²) in [5.74, 6) is -11.3. The number of aromatic hydroxyl groups is 4. The van der Waals surface area contributed by atoms with Crippen LogP contribution in [0.25, 0.3) is 21.5 Å². The van der Waals surface area contributed by atoms with Crippen molar-refractivity contribution in [2.24, 2.45) is 46.0 Å². The molecule has 0 bridgehead atoms. The van der Waals surface area contributed by atoms with Gasteiger partial charge in [0.25, 0.3) is 48.1 Å². The number of azo groups is 4. The van der Waals surface area contributed by atoms with E-state index >= 15 is 0 Å². The molecule has 518 valence electrons. The van der Waals surface area contributed by atoms with Gasteiger partial charge in [0.15, 0.2) is 36.9 Å². The molecule has 8 aromatic rings. The third-order valence-corrected chi connectivity index (χ3v) is 20.3. The minimum Gasteiger partial charge on any atom is -0.506 e. The Bertz CT molecular complexity index is 5440. The predicted octanol–water partition coefficient (Wildman–Crippen LogP) is 7.12. The van der Waals surface area contributed by atoms with E-state index < -0.39 is 179 Å². The zero-order chi connectivity index (χ0) is 69.7. The predicted molar refractivity (Wildman–Crippen MR) is 330 cm³/mol. The molecule has 9 N–H and O–H groups in total. The van der Waals surface area contributed by atoms with Crippen molar-refractivity contribution in [2.45, 2.75) is 36.6 Å². The number of nitrogens with zero attached hydrogens (tertiary/aromatic N) is 11. The largest absolute Gasteiger partial charge is 0.506 e. The molecule has 0 aromatic heterocycles. The summed E-state index contributed by atoms with van der Waals surface area (Å²) < 4.78 is 166. The van der Waals surface area contributed by atoms with Crippen LogP contribution in [0.1, 0.15) is 0 Å². The van der Waals surface area contributed by atoms with Gasteiger partial charge in [-0.2, -0.15) is 55.8 Å². The Morgan fingerprint density at radius 2 is 0.969 bits per heavy atom. The molecular weight excluding hydrogens is 1500 g/mol. The number of rotatable bonds is 21. The summed E-state index contributed by atoms with van der Waals surface area (Å²) in [5, 5.41) is 90.9. The first kappa shape index (κ1) is 73.5. The first-order chi connectivity index (χ1) is 45.1. The van der Waals surface area contributed by atoms with Crippen molar-refractivity contribution in [1.29, 1.82) is 0 Å². The second kappa shape index (κ2) is 28.0. The Morgan fingerprint density at radius 3 is 1.46 bits per heavy atom. The van der Waals surface area contributed by atoms with Gasteiger partial charge in [0.1, 0.15) is 60.4 Å². The zero-order valence-electron chi connectivity index (χ0n) is 48.9. The average molecular weight is 1540 g/mol. The van der Waals surface area contributed by atoms with Gasteiger partial charge in [-0.1, -0.05) is 18.2 Å². The van der Waals surface area contributed by atoms with Gasteiger partial charge in [-0.15, -0.1) is 20.5 Å². The van der Waals surface area contributed by atoms with Gasteiger partial charge in [-0.05, 0) is 95.7 Å². The van der Waals surface area contributed by atoms with Crippen LogP contribution in [0.4, 0.5) is 45.5 Å². The molecule has 0 spiro atoms. The fraction of sp³-hybridized carbons (Fsp3) is 0.109. The molecule has 36 nitrogen and oxygen atoms in total. The normalized spacial score (nSPS) is 15.6. The quantitative estimate of drug-likeness (QED) is 0.0150. The number of carboxylic acids is 1. The molecule has 2 aliphatic heterocycles. The van der Waals surface area contributed by atoms with Crippen LogP contribution in [0, 0.1) is 0 Å². The molecule has 0 aliphatic carbocycles. The fourth-order valence-corrected chi connectivity index (χ4v) is 14.5. The number of hydrogen-bond acceptors (Lipinski definition) is 29.